The molecule has 2 aromatic heterocycles. The van der Waals surface area contributed by atoms with Crippen LogP contribution in [0.5, 0.6) is 0 Å². The van der Waals surface area contributed by atoms with Crippen LogP contribution >= 0.6 is 0 Å². The van der Waals surface area contributed by atoms with Crippen molar-refractivity contribution >= 4 is 22.7 Å². The molecule has 204 valence electrons. The Morgan fingerprint density at radius 2 is 1.92 bits per heavy atom. The fourth-order valence-electron chi connectivity index (χ4n) is 6.24. The standard InChI is InChI=1S/C29H39FN6O2/c1-19(31-2)28(37)33-27(20-8-5-4-6-9-20)29(38)36-15-7-10-22(36)17-35-18-24(25-13-14-32-34(25)3)23-16-21(30)11-12-26(23)35/h11-14,16,18-20,22,27,31H,4-10,15,17H2,1-3H3,(H,33,37)/t19-,22-,27-/m0/s1. The molecule has 2 fully saturated rings. The molecule has 3 atom stereocenters. The maximum Gasteiger partial charge on any atom is 0.245 e. The third-order valence-electron chi connectivity index (χ3n) is 8.52. The Labute approximate surface area is 223 Å². The fourth-order valence-corrected chi connectivity index (χ4v) is 6.24. The van der Waals surface area contributed by atoms with Gasteiger partial charge in [-0.2, -0.15) is 5.10 Å². The lowest BCUT2D eigenvalue weighted by Gasteiger charge is -2.35. The van der Waals surface area contributed by atoms with Crippen LogP contribution in [0.15, 0.2) is 36.7 Å². The Morgan fingerprint density at radius 1 is 1.13 bits per heavy atom. The molecule has 1 aromatic carbocycles. The third kappa shape index (κ3) is 5.21. The zero-order chi connectivity index (χ0) is 26.8. The molecule has 38 heavy (non-hydrogen) atoms. The van der Waals surface area contributed by atoms with Gasteiger partial charge in [-0.25, -0.2) is 4.39 Å². The van der Waals surface area contributed by atoms with Gasteiger partial charge in [0.2, 0.25) is 11.8 Å². The van der Waals surface area contributed by atoms with E-state index in [-0.39, 0.29) is 35.6 Å². The van der Waals surface area contributed by atoms with E-state index in [2.05, 4.69) is 26.5 Å². The Morgan fingerprint density at radius 3 is 2.63 bits per heavy atom. The van der Waals surface area contributed by atoms with Crippen molar-refractivity contribution in [2.24, 2.45) is 13.0 Å². The molecule has 2 aliphatic rings. The molecule has 8 nitrogen and oxygen atoms in total. The molecule has 3 heterocycles. The largest absolute Gasteiger partial charge is 0.345 e. The number of likely N-dealkylation sites (N-methyl/N-ethyl adjacent to an activating group) is 1. The fraction of sp³-hybridized carbons (Fsp3) is 0.552. The zero-order valence-electron chi connectivity index (χ0n) is 22.6. The van der Waals surface area contributed by atoms with Gasteiger partial charge in [-0.15, -0.1) is 0 Å². The number of hydrogen-bond acceptors (Lipinski definition) is 4. The van der Waals surface area contributed by atoms with Crippen LogP contribution < -0.4 is 10.6 Å². The van der Waals surface area contributed by atoms with Crippen molar-refractivity contribution < 1.29 is 14.0 Å². The number of carbonyl (C=O) groups excluding carboxylic acids is 2. The second kappa shape index (κ2) is 11.3. The van der Waals surface area contributed by atoms with E-state index in [1.54, 1.807) is 24.0 Å². The summed E-state index contributed by atoms with van der Waals surface area (Å²) < 4.78 is 18.2. The van der Waals surface area contributed by atoms with E-state index in [4.69, 9.17) is 0 Å². The number of rotatable bonds is 8. The molecule has 5 rings (SSSR count). The van der Waals surface area contributed by atoms with Gasteiger partial charge in [-0.05, 0) is 69.8 Å². The molecule has 2 amide bonds. The minimum Gasteiger partial charge on any atom is -0.345 e. The first-order chi connectivity index (χ1) is 18.4. The second-order valence-corrected chi connectivity index (χ2v) is 10.9. The molecule has 1 saturated heterocycles. The quantitative estimate of drug-likeness (QED) is 0.471. The lowest BCUT2D eigenvalue weighted by molar-refractivity contribution is -0.139. The van der Waals surface area contributed by atoms with E-state index in [1.165, 1.54) is 12.5 Å². The highest BCUT2D eigenvalue weighted by Crippen LogP contribution is 2.33. The van der Waals surface area contributed by atoms with Crippen LogP contribution in [0, 0.1) is 11.7 Å². The Kier molecular flexibility index (Phi) is 7.83. The van der Waals surface area contributed by atoms with E-state index < -0.39 is 6.04 Å². The van der Waals surface area contributed by atoms with Gasteiger partial charge in [0.1, 0.15) is 11.9 Å². The smallest absolute Gasteiger partial charge is 0.245 e. The van der Waals surface area contributed by atoms with Crippen LogP contribution in [0.1, 0.15) is 51.9 Å². The molecule has 2 N–H and O–H groups in total. The minimum absolute atomic E-state index is 0.00672. The Bertz CT molecular complexity index is 1290. The number of nitrogens with zero attached hydrogens (tertiary/aromatic N) is 4. The number of aryl methyl sites for hydroxylation is 1. The van der Waals surface area contributed by atoms with Gasteiger partial charge in [0.05, 0.1) is 11.7 Å². The minimum atomic E-state index is -0.500. The number of amides is 2. The first-order valence-electron chi connectivity index (χ1n) is 13.9. The first-order valence-corrected chi connectivity index (χ1v) is 13.9. The predicted molar refractivity (Wildman–Crippen MR) is 146 cm³/mol. The number of likely N-dealkylation sites (tertiary alicyclic amines) is 1. The SMILES string of the molecule is CN[C@@H](C)C(=O)N[C@H](C(=O)N1CCC[C@H]1Cn1cc(-c2ccnn2C)c2cc(F)ccc21)C1CCCCC1. The lowest BCUT2D eigenvalue weighted by atomic mass is 9.83. The molecule has 0 bridgehead atoms. The van der Waals surface area contributed by atoms with Gasteiger partial charge >= 0.3 is 0 Å². The van der Waals surface area contributed by atoms with Gasteiger partial charge in [0.25, 0.3) is 0 Å². The molecule has 1 aliphatic carbocycles. The van der Waals surface area contributed by atoms with Crippen molar-refractivity contribution in [1.29, 1.82) is 0 Å². The average molecular weight is 523 g/mol. The second-order valence-electron chi connectivity index (χ2n) is 10.9. The molecule has 0 spiro atoms. The van der Waals surface area contributed by atoms with E-state index in [9.17, 15) is 14.0 Å². The summed E-state index contributed by atoms with van der Waals surface area (Å²) in [4.78, 5) is 28.9. The number of hydrogen-bond donors (Lipinski definition) is 2. The molecule has 3 aromatic rings. The molecule has 0 unspecified atom stereocenters. The van der Waals surface area contributed by atoms with Crippen LogP contribution in [-0.2, 0) is 23.2 Å². The van der Waals surface area contributed by atoms with E-state index in [1.807, 2.05) is 31.0 Å². The van der Waals surface area contributed by atoms with Crippen LogP contribution in [0.4, 0.5) is 4.39 Å². The summed E-state index contributed by atoms with van der Waals surface area (Å²) >= 11 is 0. The summed E-state index contributed by atoms with van der Waals surface area (Å²) in [5.41, 5.74) is 2.77. The van der Waals surface area contributed by atoms with Crippen molar-refractivity contribution in [2.75, 3.05) is 13.6 Å². The molecule has 0 radical (unpaired) electrons. The van der Waals surface area contributed by atoms with Gasteiger partial charge in [0, 0.05) is 55.0 Å². The maximum absolute atomic E-state index is 14.3. The van der Waals surface area contributed by atoms with Crippen molar-refractivity contribution in [3.8, 4) is 11.3 Å². The van der Waals surface area contributed by atoms with Gasteiger partial charge in [-0.3, -0.25) is 14.3 Å². The molecule has 1 saturated carbocycles. The summed E-state index contributed by atoms with van der Waals surface area (Å²) in [6, 6.07) is 5.95. The first kappa shape index (κ1) is 26.4. The van der Waals surface area contributed by atoms with Crippen LogP contribution in [0.2, 0.25) is 0 Å². The van der Waals surface area contributed by atoms with Gasteiger partial charge in [0.15, 0.2) is 0 Å². The van der Waals surface area contributed by atoms with Gasteiger partial charge in [-0.1, -0.05) is 19.3 Å². The Hall–Kier alpha value is -3.20. The zero-order valence-corrected chi connectivity index (χ0v) is 22.6. The van der Waals surface area contributed by atoms with Gasteiger partial charge < -0.3 is 20.1 Å². The third-order valence-corrected chi connectivity index (χ3v) is 8.52. The highest BCUT2D eigenvalue weighted by atomic mass is 19.1. The van der Waals surface area contributed by atoms with Crippen molar-refractivity contribution in [2.45, 2.75) is 76.5 Å². The van der Waals surface area contributed by atoms with Crippen LogP contribution in [-0.4, -0.2) is 62.8 Å². The van der Waals surface area contributed by atoms with E-state index in [0.717, 1.165) is 60.7 Å². The molecule has 1 aliphatic heterocycles. The lowest BCUT2D eigenvalue weighted by Crippen LogP contribution is -2.56. The summed E-state index contributed by atoms with van der Waals surface area (Å²) in [5, 5.41) is 11.2. The van der Waals surface area contributed by atoms with Crippen LogP contribution in [0.3, 0.4) is 0 Å². The number of benzene rings is 1. The number of fused-ring (bicyclic) bond motifs is 1. The number of aromatic nitrogens is 3. The topological polar surface area (TPSA) is 84.2 Å². The average Bonchev–Trinajstić information content (AvgIpc) is 3.65. The van der Waals surface area contributed by atoms with Crippen molar-refractivity contribution in [3.63, 3.8) is 0 Å². The monoisotopic (exact) mass is 522 g/mol. The predicted octanol–water partition coefficient (Wildman–Crippen LogP) is 3.84. The van der Waals surface area contributed by atoms with E-state index in [0.29, 0.717) is 13.1 Å². The highest BCUT2D eigenvalue weighted by molar-refractivity contribution is 5.95. The molecule has 9 heteroatoms. The van der Waals surface area contributed by atoms with E-state index >= 15 is 0 Å². The number of nitrogens with one attached hydrogen (secondary N) is 2. The normalized spacial score (nSPS) is 20.1. The molecular formula is C29H39FN6O2. The molecular weight excluding hydrogens is 483 g/mol. The van der Waals surface area contributed by atoms with Crippen molar-refractivity contribution in [1.82, 2.24) is 29.9 Å². The Balaban J connectivity index is 1.42. The highest BCUT2D eigenvalue weighted by Gasteiger charge is 2.38. The summed E-state index contributed by atoms with van der Waals surface area (Å²) in [7, 11) is 3.63. The summed E-state index contributed by atoms with van der Waals surface area (Å²) in [6.07, 6.45) is 10.9. The summed E-state index contributed by atoms with van der Waals surface area (Å²) in [5.74, 6) is -0.215. The maximum atomic E-state index is 14.3. The van der Waals surface area contributed by atoms with Crippen LogP contribution in [0.25, 0.3) is 22.2 Å². The van der Waals surface area contributed by atoms with Crippen molar-refractivity contribution in [3.05, 3.63) is 42.5 Å². The number of halogens is 1. The summed E-state index contributed by atoms with van der Waals surface area (Å²) in [6.45, 7) is 3.12. The number of carbonyl (C=O) groups is 2.